The van der Waals surface area contributed by atoms with Crippen molar-refractivity contribution < 1.29 is 0 Å². The van der Waals surface area contributed by atoms with Gasteiger partial charge in [-0.25, -0.2) is 0 Å². The third-order valence-electron chi connectivity index (χ3n) is 5.71. The zero-order valence-electron chi connectivity index (χ0n) is 11.2. The highest BCUT2D eigenvalue weighted by Crippen LogP contribution is 2.62. The van der Waals surface area contributed by atoms with Crippen molar-refractivity contribution >= 4 is 0 Å². The molecule has 92 valence electrons. The van der Waals surface area contributed by atoms with Crippen molar-refractivity contribution in [1.82, 2.24) is 10.2 Å². The third-order valence-corrected chi connectivity index (χ3v) is 5.71. The Balaban J connectivity index is 1.53. The van der Waals surface area contributed by atoms with Crippen LogP contribution in [0, 0.1) is 10.8 Å². The molecule has 0 spiro atoms. The minimum Gasteiger partial charge on any atom is -0.309 e. The Morgan fingerprint density at radius 1 is 1.00 bits per heavy atom. The summed E-state index contributed by atoms with van der Waals surface area (Å²) in [5.74, 6) is 0. The number of likely N-dealkylation sites (tertiary alicyclic amines) is 1. The van der Waals surface area contributed by atoms with Gasteiger partial charge < -0.3 is 5.32 Å². The third kappa shape index (κ3) is 1.53. The van der Waals surface area contributed by atoms with Gasteiger partial charge in [0.05, 0.1) is 0 Å². The molecule has 0 aromatic rings. The van der Waals surface area contributed by atoms with Crippen molar-refractivity contribution in [3.05, 3.63) is 0 Å². The van der Waals surface area contributed by atoms with Gasteiger partial charge in [0.2, 0.25) is 0 Å². The molecule has 1 unspecified atom stereocenters. The molecule has 2 heteroatoms. The molecule has 1 saturated heterocycles. The fourth-order valence-electron chi connectivity index (χ4n) is 3.54. The van der Waals surface area contributed by atoms with Gasteiger partial charge in [-0.3, -0.25) is 4.90 Å². The van der Waals surface area contributed by atoms with Gasteiger partial charge in [-0.2, -0.15) is 0 Å². The number of rotatable bonds is 3. The van der Waals surface area contributed by atoms with E-state index in [1.165, 1.54) is 32.4 Å². The van der Waals surface area contributed by atoms with Gasteiger partial charge in [-0.15, -0.1) is 0 Å². The second-order valence-corrected chi connectivity index (χ2v) is 7.25. The monoisotopic (exact) mass is 222 g/mol. The molecule has 0 radical (unpaired) electrons. The van der Waals surface area contributed by atoms with E-state index >= 15 is 0 Å². The topological polar surface area (TPSA) is 15.3 Å². The lowest BCUT2D eigenvalue weighted by Gasteiger charge is -2.16. The van der Waals surface area contributed by atoms with Gasteiger partial charge in [0.15, 0.2) is 0 Å². The first-order valence-electron chi connectivity index (χ1n) is 6.93. The Hall–Kier alpha value is -0.0800. The molecular formula is C14H26N2. The van der Waals surface area contributed by atoms with E-state index in [9.17, 15) is 0 Å². The lowest BCUT2D eigenvalue weighted by Crippen LogP contribution is -2.37. The second kappa shape index (κ2) is 3.23. The molecule has 0 aromatic carbocycles. The van der Waals surface area contributed by atoms with Crippen molar-refractivity contribution in [2.24, 2.45) is 10.8 Å². The van der Waals surface area contributed by atoms with Crippen molar-refractivity contribution in [2.45, 2.75) is 65.1 Å². The molecule has 16 heavy (non-hydrogen) atoms. The molecule has 0 aromatic heterocycles. The minimum absolute atomic E-state index is 0.486. The maximum Gasteiger partial charge on any atom is 0.0210 e. The van der Waals surface area contributed by atoms with E-state index in [2.05, 4.69) is 37.9 Å². The Morgan fingerprint density at radius 3 is 2.12 bits per heavy atom. The number of nitrogens with zero attached hydrogens (tertiary/aromatic N) is 1. The predicted molar refractivity (Wildman–Crippen MR) is 67.5 cm³/mol. The second-order valence-electron chi connectivity index (χ2n) is 7.25. The highest BCUT2D eigenvalue weighted by Gasteiger charge is 2.65. The maximum absolute atomic E-state index is 3.90. The highest BCUT2D eigenvalue weighted by atomic mass is 15.2. The normalized spacial score (nSPS) is 37.9. The average Bonchev–Trinajstić information content (AvgIpc) is 3.02. The number of nitrogens with one attached hydrogen (secondary N) is 1. The summed E-state index contributed by atoms with van der Waals surface area (Å²) in [5.41, 5.74) is 0.972. The number of hydrogen-bond donors (Lipinski definition) is 1. The average molecular weight is 222 g/mol. The molecule has 0 bridgehead atoms. The molecule has 3 rings (SSSR count). The molecule has 1 aliphatic heterocycles. The molecule has 3 fully saturated rings. The molecular weight excluding hydrogens is 196 g/mol. The Bertz CT molecular complexity index is 277. The van der Waals surface area contributed by atoms with Crippen molar-refractivity contribution in [3.63, 3.8) is 0 Å². The van der Waals surface area contributed by atoms with Crippen LogP contribution in [0.1, 0.15) is 47.0 Å². The maximum atomic E-state index is 3.90. The Labute approximate surface area is 99.8 Å². The summed E-state index contributed by atoms with van der Waals surface area (Å²) in [7, 11) is 0. The van der Waals surface area contributed by atoms with E-state index in [-0.39, 0.29) is 0 Å². The Morgan fingerprint density at radius 2 is 1.62 bits per heavy atom. The van der Waals surface area contributed by atoms with Crippen LogP contribution in [-0.2, 0) is 0 Å². The standard InChI is InChI=1S/C14H26N2/c1-13(2)12(14(13,3)4)15-10-7-8-16(9-10)11-5-6-11/h10-12,15H,5-9H2,1-4H3. The first kappa shape index (κ1) is 11.0. The summed E-state index contributed by atoms with van der Waals surface area (Å²) in [6.07, 6.45) is 4.26. The summed E-state index contributed by atoms with van der Waals surface area (Å²) in [6.45, 7) is 12.2. The van der Waals surface area contributed by atoms with Crippen LogP contribution < -0.4 is 5.32 Å². The fourth-order valence-corrected chi connectivity index (χ4v) is 3.54. The van der Waals surface area contributed by atoms with Crippen LogP contribution in [0.5, 0.6) is 0 Å². The van der Waals surface area contributed by atoms with E-state index in [1.54, 1.807) is 0 Å². The van der Waals surface area contributed by atoms with Crippen LogP contribution in [0.15, 0.2) is 0 Å². The van der Waals surface area contributed by atoms with Crippen LogP contribution in [0.25, 0.3) is 0 Å². The predicted octanol–water partition coefficient (Wildman–Crippen LogP) is 2.25. The van der Waals surface area contributed by atoms with Gasteiger partial charge in [0.25, 0.3) is 0 Å². The smallest absolute Gasteiger partial charge is 0.0210 e. The fraction of sp³-hybridized carbons (Fsp3) is 1.00. The molecule has 1 atom stereocenters. The van der Waals surface area contributed by atoms with E-state index in [0.29, 0.717) is 10.8 Å². The lowest BCUT2D eigenvalue weighted by molar-refractivity contribution is 0.314. The van der Waals surface area contributed by atoms with Crippen LogP contribution in [0.2, 0.25) is 0 Å². The van der Waals surface area contributed by atoms with Crippen LogP contribution in [0.4, 0.5) is 0 Å². The minimum atomic E-state index is 0.486. The summed E-state index contributed by atoms with van der Waals surface area (Å²) in [6, 6.07) is 2.43. The van der Waals surface area contributed by atoms with Gasteiger partial charge in [0, 0.05) is 31.2 Å². The van der Waals surface area contributed by atoms with Gasteiger partial charge >= 0.3 is 0 Å². The first-order chi connectivity index (χ1) is 7.43. The summed E-state index contributed by atoms with van der Waals surface area (Å²) < 4.78 is 0. The van der Waals surface area contributed by atoms with Crippen molar-refractivity contribution in [3.8, 4) is 0 Å². The Kier molecular flexibility index (Phi) is 2.23. The van der Waals surface area contributed by atoms with Gasteiger partial charge in [-0.1, -0.05) is 27.7 Å². The largest absolute Gasteiger partial charge is 0.309 e. The lowest BCUT2D eigenvalue weighted by atomic mass is 10.0. The molecule has 1 heterocycles. The van der Waals surface area contributed by atoms with E-state index in [4.69, 9.17) is 0 Å². The summed E-state index contributed by atoms with van der Waals surface area (Å²) in [4.78, 5) is 2.69. The molecule has 2 nitrogen and oxygen atoms in total. The zero-order valence-corrected chi connectivity index (χ0v) is 11.2. The summed E-state index contributed by atoms with van der Waals surface area (Å²) >= 11 is 0. The van der Waals surface area contributed by atoms with Gasteiger partial charge in [-0.05, 0) is 30.1 Å². The highest BCUT2D eigenvalue weighted by molar-refractivity contribution is 5.18. The molecule has 1 N–H and O–H groups in total. The molecule has 0 amide bonds. The molecule has 3 aliphatic rings. The van der Waals surface area contributed by atoms with Gasteiger partial charge in [0.1, 0.15) is 0 Å². The van der Waals surface area contributed by atoms with Crippen LogP contribution >= 0.6 is 0 Å². The summed E-state index contributed by atoms with van der Waals surface area (Å²) in [5, 5.41) is 3.90. The van der Waals surface area contributed by atoms with Crippen molar-refractivity contribution in [1.29, 1.82) is 0 Å². The van der Waals surface area contributed by atoms with Crippen LogP contribution in [-0.4, -0.2) is 36.1 Å². The quantitative estimate of drug-likeness (QED) is 0.788. The van der Waals surface area contributed by atoms with E-state index < -0.39 is 0 Å². The van der Waals surface area contributed by atoms with Crippen LogP contribution in [0.3, 0.4) is 0 Å². The van der Waals surface area contributed by atoms with Crippen molar-refractivity contribution in [2.75, 3.05) is 13.1 Å². The van der Waals surface area contributed by atoms with E-state index in [1.807, 2.05) is 0 Å². The number of hydrogen-bond acceptors (Lipinski definition) is 2. The molecule has 2 aliphatic carbocycles. The molecule has 2 saturated carbocycles. The van der Waals surface area contributed by atoms with E-state index in [0.717, 1.165) is 18.1 Å². The first-order valence-corrected chi connectivity index (χ1v) is 6.93. The SMILES string of the molecule is CC1(C)C(NC2CCN(C3CC3)C2)C1(C)C. The zero-order chi connectivity index (χ0) is 11.6.